The van der Waals surface area contributed by atoms with Crippen molar-refractivity contribution in [1.82, 2.24) is 20.2 Å². The van der Waals surface area contributed by atoms with Gasteiger partial charge in [-0.3, -0.25) is 4.79 Å². The summed E-state index contributed by atoms with van der Waals surface area (Å²) < 4.78 is 15.4. The topological polar surface area (TPSA) is 72.7 Å². The lowest BCUT2D eigenvalue weighted by Crippen LogP contribution is -2.27. The molecule has 0 fully saturated rings. The van der Waals surface area contributed by atoms with Gasteiger partial charge in [0.15, 0.2) is 0 Å². The minimum Gasteiger partial charge on any atom is -0.323 e. The quantitative estimate of drug-likeness (QED) is 0.849. The molecule has 1 amide bonds. The van der Waals surface area contributed by atoms with Crippen LogP contribution in [0.3, 0.4) is 0 Å². The molecule has 0 aliphatic heterocycles. The van der Waals surface area contributed by atoms with E-state index in [1.54, 1.807) is 11.6 Å². The first-order valence-corrected chi connectivity index (χ1v) is 8.15. The Kier molecular flexibility index (Phi) is 5.26. The van der Waals surface area contributed by atoms with Crippen molar-refractivity contribution < 1.29 is 9.18 Å². The Balaban J connectivity index is 2.08. The normalized spacial score (nSPS) is 13.0. The summed E-state index contributed by atoms with van der Waals surface area (Å²) in [5.74, 6) is -0.928. The van der Waals surface area contributed by atoms with Crippen molar-refractivity contribution in [2.24, 2.45) is 0 Å². The van der Waals surface area contributed by atoms with Gasteiger partial charge in [0.25, 0.3) is 0 Å². The van der Waals surface area contributed by atoms with Crippen molar-refractivity contribution in [3.63, 3.8) is 0 Å². The van der Waals surface area contributed by atoms with Crippen LogP contribution in [0.4, 0.5) is 10.1 Å². The number of benzene rings is 1. The summed E-state index contributed by atoms with van der Waals surface area (Å²) in [6.45, 7) is 7.58. The first-order valence-electron chi connectivity index (χ1n) is 6.90. The van der Waals surface area contributed by atoms with Crippen molar-refractivity contribution in [1.29, 1.82) is 0 Å². The summed E-state index contributed by atoms with van der Waals surface area (Å²) in [5, 5.41) is 14.3. The Morgan fingerprint density at radius 1 is 1.43 bits per heavy atom. The number of rotatable bonds is 4. The molecule has 0 bridgehead atoms. The summed E-state index contributed by atoms with van der Waals surface area (Å²) in [7, 11) is 0. The molecular formula is C14H17ClFN5OS. The van der Waals surface area contributed by atoms with Gasteiger partial charge in [0, 0.05) is 5.02 Å². The number of amides is 1. The Hall–Kier alpha value is -1.67. The Labute approximate surface area is 142 Å². The third-order valence-electron chi connectivity index (χ3n) is 2.92. The average molecular weight is 358 g/mol. The number of thioether (sulfide) groups is 1. The van der Waals surface area contributed by atoms with Crippen LogP contribution in [-0.4, -0.2) is 31.4 Å². The molecule has 0 spiro atoms. The van der Waals surface area contributed by atoms with Crippen LogP contribution in [0.15, 0.2) is 23.4 Å². The highest BCUT2D eigenvalue weighted by Gasteiger charge is 2.24. The van der Waals surface area contributed by atoms with Crippen LogP contribution in [0.2, 0.25) is 5.02 Å². The van der Waals surface area contributed by atoms with E-state index in [0.717, 1.165) is 6.07 Å². The predicted octanol–water partition coefficient (Wildman–Crippen LogP) is 3.34. The summed E-state index contributed by atoms with van der Waals surface area (Å²) in [5.41, 5.74) is -0.216. The Bertz CT molecular complexity index is 715. The third kappa shape index (κ3) is 4.42. The molecule has 6 nitrogen and oxygen atoms in total. The third-order valence-corrected chi connectivity index (χ3v) is 4.18. The van der Waals surface area contributed by atoms with Gasteiger partial charge in [-0.25, -0.2) is 9.07 Å². The van der Waals surface area contributed by atoms with Gasteiger partial charge in [-0.05, 0) is 56.3 Å². The van der Waals surface area contributed by atoms with E-state index < -0.39 is 11.1 Å². The lowest BCUT2D eigenvalue weighted by Gasteiger charge is -2.20. The van der Waals surface area contributed by atoms with Gasteiger partial charge in [0.1, 0.15) is 5.82 Å². The number of hydrogen-bond acceptors (Lipinski definition) is 5. The second-order valence-corrected chi connectivity index (χ2v) is 7.66. The molecule has 1 aromatic heterocycles. The Morgan fingerprint density at radius 2 is 2.13 bits per heavy atom. The number of aromatic nitrogens is 4. The van der Waals surface area contributed by atoms with Gasteiger partial charge in [-0.1, -0.05) is 23.4 Å². The molecule has 1 heterocycles. The van der Waals surface area contributed by atoms with Crippen molar-refractivity contribution in [2.75, 3.05) is 5.32 Å². The zero-order chi connectivity index (χ0) is 17.2. The van der Waals surface area contributed by atoms with Gasteiger partial charge in [0.2, 0.25) is 11.1 Å². The fraction of sp³-hybridized carbons (Fsp3) is 0.429. The number of nitrogens with one attached hydrogen (secondary N) is 1. The second kappa shape index (κ2) is 6.84. The molecule has 9 heteroatoms. The van der Waals surface area contributed by atoms with E-state index in [9.17, 15) is 9.18 Å². The van der Waals surface area contributed by atoms with Gasteiger partial charge >= 0.3 is 0 Å². The van der Waals surface area contributed by atoms with E-state index in [1.807, 2.05) is 20.8 Å². The van der Waals surface area contributed by atoms with Gasteiger partial charge in [0.05, 0.1) is 16.5 Å². The standard InChI is InChI=1S/C14H17ClFN5OS/c1-8(23-13-18-19-20-21(13)14(2,3)4)12(22)17-11-6-5-9(15)7-10(11)16/h5-8H,1-4H3,(H,17,22). The fourth-order valence-corrected chi connectivity index (χ4v) is 2.85. The molecule has 2 rings (SSSR count). The number of nitrogens with zero attached hydrogens (tertiary/aromatic N) is 4. The van der Waals surface area contributed by atoms with Gasteiger partial charge in [-0.2, -0.15) is 0 Å². The van der Waals surface area contributed by atoms with E-state index in [1.165, 1.54) is 23.9 Å². The van der Waals surface area contributed by atoms with E-state index in [-0.39, 0.29) is 22.2 Å². The van der Waals surface area contributed by atoms with Crippen LogP contribution in [0.5, 0.6) is 0 Å². The number of hydrogen-bond donors (Lipinski definition) is 1. The molecule has 0 saturated carbocycles. The van der Waals surface area contributed by atoms with Gasteiger partial charge in [-0.15, -0.1) is 5.10 Å². The van der Waals surface area contributed by atoms with Crippen LogP contribution < -0.4 is 5.32 Å². The highest BCUT2D eigenvalue weighted by molar-refractivity contribution is 8.00. The molecule has 1 aromatic carbocycles. The summed E-state index contributed by atoms with van der Waals surface area (Å²) >= 11 is 6.90. The van der Waals surface area contributed by atoms with Crippen LogP contribution in [-0.2, 0) is 10.3 Å². The largest absolute Gasteiger partial charge is 0.323 e. The summed E-state index contributed by atoms with van der Waals surface area (Å²) in [4.78, 5) is 12.2. The van der Waals surface area contributed by atoms with Crippen molar-refractivity contribution in [2.45, 2.75) is 43.6 Å². The maximum absolute atomic E-state index is 13.7. The average Bonchev–Trinajstić information content (AvgIpc) is 2.90. The van der Waals surface area contributed by atoms with Crippen LogP contribution >= 0.6 is 23.4 Å². The van der Waals surface area contributed by atoms with E-state index in [2.05, 4.69) is 20.8 Å². The molecule has 1 atom stereocenters. The molecule has 0 saturated heterocycles. The smallest absolute Gasteiger partial charge is 0.237 e. The van der Waals surface area contributed by atoms with Gasteiger partial charge < -0.3 is 5.32 Å². The lowest BCUT2D eigenvalue weighted by molar-refractivity contribution is -0.115. The maximum Gasteiger partial charge on any atom is 0.237 e. The summed E-state index contributed by atoms with van der Waals surface area (Å²) in [6.07, 6.45) is 0. The molecular weight excluding hydrogens is 341 g/mol. The first-order chi connectivity index (χ1) is 10.7. The zero-order valence-electron chi connectivity index (χ0n) is 13.2. The molecule has 0 aliphatic carbocycles. The molecule has 0 aliphatic rings. The van der Waals surface area contributed by atoms with E-state index >= 15 is 0 Å². The Morgan fingerprint density at radius 3 is 2.74 bits per heavy atom. The zero-order valence-corrected chi connectivity index (χ0v) is 14.7. The highest BCUT2D eigenvalue weighted by Crippen LogP contribution is 2.26. The molecule has 23 heavy (non-hydrogen) atoms. The van der Waals surface area contributed by atoms with Crippen LogP contribution in [0, 0.1) is 5.82 Å². The molecule has 2 aromatic rings. The van der Waals surface area contributed by atoms with Crippen molar-refractivity contribution in [3.8, 4) is 0 Å². The predicted molar refractivity (Wildman–Crippen MR) is 88.2 cm³/mol. The second-order valence-electron chi connectivity index (χ2n) is 5.92. The number of halogens is 2. The van der Waals surface area contributed by atoms with Crippen LogP contribution in [0.1, 0.15) is 27.7 Å². The fourth-order valence-electron chi connectivity index (χ4n) is 1.71. The van der Waals surface area contributed by atoms with Crippen molar-refractivity contribution >= 4 is 35.0 Å². The minimum absolute atomic E-state index is 0.0854. The SMILES string of the molecule is CC(Sc1nnnn1C(C)(C)C)C(=O)Nc1ccc(Cl)cc1F. The molecule has 124 valence electrons. The number of tetrazole rings is 1. The van der Waals surface area contributed by atoms with E-state index in [0.29, 0.717) is 5.16 Å². The first kappa shape index (κ1) is 17.7. The lowest BCUT2D eigenvalue weighted by atomic mass is 10.1. The molecule has 1 unspecified atom stereocenters. The molecule has 0 radical (unpaired) electrons. The van der Waals surface area contributed by atoms with Crippen molar-refractivity contribution in [3.05, 3.63) is 29.0 Å². The minimum atomic E-state index is -0.581. The highest BCUT2D eigenvalue weighted by atomic mass is 35.5. The monoisotopic (exact) mass is 357 g/mol. The van der Waals surface area contributed by atoms with Crippen LogP contribution in [0.25, 0.3) is 0 Å². The molecule has 1 N–H and O–H groups in total. The number of carbonyl (C=O) groups excluding carboxylic acids is 1. The summed E-state index contributed by atoms with van der Waals surface area (Å²) in [6, 6.07) is 4.08. The number of anilines is 1. The van der Waals surface area contributed by atoms with E-state index in [4.69, 9.17) is 11.6 Å². The maximum atomic E-state index is 13.7. The number of carbonyl (C=O) groups is 1.